The summed E-state index contributed by atoms with van der Waals surface area (Å²) in [6.07, 6.45) is 1.52. The predicted molar refractivity (Wildman–Crippen MR) is 77.9 cm³/mol. The van der Waals surface area contributed by atoms with Gasteiger partial charge in [-0.1, -0.05) is 19.9 Å². The van der Waals surface area contributed by atoms with E-state index in [0.29, 0.717) is 11.3 Å². The maximum atomic E-state index is 12.7. The van der Waals surface area contributed by atoms with Crippen molar-refractivity contribution in [1.82, 2.24) is 0 Å². The summed E-state index contributed by atoms with van der Waals surface area (Å²) in [5.74, 6) is 0. The molecule has 1 aliphatic rings. The summed E-state index contributed by atoms with van der Waals surface area (Å²) in [5, 5.41) is -0.454. The topological polar surface area (TPSA) is 60.2 Å². The fraction of sp³-hybridized carbons (Fsp3) is 0.600. The fourth-order valence-electron chi connectivity index (χ4n) is 2.78. The lowest BCUT2D eigenvalue weighted by molar-refractivity contribution is 0.332. The molecule has 0 amide bonds. The highest BCUT2D eigenvalue weighted by molar-refractivity contribution is 7.92. The van der Waals surface area contributed by atoms with Gasteiger partial charge in [-0.05, 0) is 55.4 Å². The van der Waals surface area contributed by atoms with E-state index in [9.17, 15) is 8.42 Å². The van der Waals surface area contributed by atoms with Gasteiger partial charge in [-0.25, -0.2) is 8.42 Å². The van der Waals surface area contributed by atoms with E-state index in [4.69, 9.17) is 5.73 Å². The van der Waals surface area contributed by atoms with Crippen molar-refractivity contribution in [2.24, 2.45) is 11.1 Å². The summed E-state index contributed by atoms with van der Waals surface area (Å²) in [6.45, 7) is 8.02. The third kappa shape index (κ3) is 2.43. The monoisotopic (exact) mass is 281 g/mol. The van der Waals surface area contributed by atoms with Gasteiger partial charge in [0.05, 0.1) is 10.1 Å². The van der Waals surface area contributed by atoms with Crippen molar-refractivity contribution in [3.63, 3.8) is 0 Å². The second-order valence-corrected chi connectivity index (χ2v) is 8.55. The van der Waals surface area contributed by atoms with E-state index < -0.39 is 15.1 Å². The number of rotatable bonds is 2. The zero-order valence-electron chi connectivity index (χ0n) is 12.1. The third-order valence-electron chi connectivity index (χ3n) is 4.58. The SMILES string of the molecule is Cc1ccc(S(=O)(=O)C2CCC(C)(C)C2N)cc1C. The highest BCUT2D eigenvalue weighted by Gasteiger charge is 2.46. The minimum Gasteiger partial charge on any atom is -0.326 e. The van der Waals surface area contributed by atoms with Crippen LogP contribution in [-0.2, 0) is 9.84 Å². The van der Waals surface area contributed by atoms with E-state index in [0.717, 1.165) is 17.5 Å². The van der Waals surface area contributed by atoms with Gasteiger partial charge in [0.1, 0.15) is 0 Å². The lowest BCUT2D eigenvalue weighted by atomic mass is 9.88. The van der Waals surface area contributed by atoms with E-state index in [1.165, 1.54) is 0 Å². The summed E-state index contributed by atoms with van der Waals surface area (Å²) >= 11 is 0. The summed E-state index contributed by atoms with van der Waals surface area (Å²) < 4.78 is 25.4. The summed E-state index contributed by atoms with van der Waals surface area (Å²) in [6, 6.07) is 5.05. The fourth-order valence-corrected chi connectivity index (χ4v) is 4.91. The number of aryl methyl sites for hydroxylation is 2. The molecule has 1 fully saturated rings. The molecule has 0 saturated heterocycles. The molecular weight excluding hydrogens is 258 g/mol. The van der Waals surface area contributed by atoms with Crippen LogP contribution in [0.4, 0.5) is 0 Å². The molecular formula is C15H23NO2S. The van der Waals surface area contributed by atoms with Crippen molar-refractivity contribution in [3.8, 4) is 0 Å². The van der Waals surface area contributed by atoms with Gasteiger partial charge in [-0.15, -0.1) is 0 Å². The molecule has 2 rings (SSSR count). The van der Waals surface area contributed by atoms with Gasteiger partial charge in [-0.2, -0.15) is 0 Å². The third-order valence-corrected chi connectivity index (χ3v) is 6.82. The largest absolute Gasteiger partial charge is 0.326 e. The molecule has 19 heavy (non-hydrogen) atoms. The molecule has 0 aromatic heterocycles. The van der Waals surface area contributed by atoms with E-state index in [2.05, 4.69) is 0 Å². The maximum Gasteiger partial charge on any atom is 0.182 e. The van der Waals surface area contributed by atoms with Crippen LogP contribution in [0.15, 0.2) is 23.1 Å². The highest BCUT2D eigenvalue weighted by atomic mass is 32.2. The normalized spacial score (nSPS) is 26.6. The van der Waals surface area contributed by atoms with E-state index in [1.54, 1.807) is 12.1 Å². The van der Waals surface area contributed by atoms with E-state index in [1.807, 2.05) is 33.8 Å². The van der Waals surface area contributed by atoms with Gasteiger partial charge in [0, 0.05) is 6.04 Å². The van der Waals surface area contributed by atoms with Gasteiger partial charge >= 0.3 is 0 Å². The van der Waals surface area contributed by atoms with Crippen LogP contribution in [0.3, 0.4) is 0 Å². The Balaban J connectivity index is 2.41. The number of nitrogens with two attached hydrogens (primary N) is 1. The van der Waals surface area contributed by atoms with Crippen LogP contribution >= 0.6 is 0 Å². The average molecular weight is 281 g/mol. The van der Waals surface area contributed by atoms with Crippen molar-refractivity contribution >= 4 is 9.84 Å². The van der Waals surface area contributed by atoms with Crippen LogP contribution in [0.1, 0.15) is 37.8 Å². The molecule has 2 unspecified atom stereocenters. The van der Waals surface area contributed by atoms with E-state index in [-0.39, 0.29) is 11.5 Å². The van der Waals surface area contributed by atoms with Crippen LogP contribution in [0.2, 0.25) is 0 Å². The van der Waals surface area contributed by atoms with Crippen molar-refractivity contribution in [3.05, 3.63) is 29.3 Å². The molecule has 2 N–H and O–H groups in total. The molecule has 0 spiro atoms. The molecule has 1 aromatic carbocycles. The molecule has 0 heterocycles. The molecule has 1 aromatic rings. The molecule has 2 atom stereocenters. The van der Waals surface area contributed by atoms with Gasteiger partial charge in [0.15, 0.2) is 9.84 Å². The maximum absolute atomic E-state index is 12.7. The molecule has 0 aliphatic heterocycles. The first-order valence-electron chi connectivity index (χ1n) is 6.73. The van der Waals surface area contributed by atoms with Crippen LogP contribution < -0.4 is 5.73 Å². The Kier molecular flexibility index (Phi) is 3.52. The van der Waals surface area contributed by atoms with Gasteiger partial charge < -0.3 is 5.73 Å². The molecule has 0 radical (unpaired) electrons. The molecule has 106 valence electrons. The Morgan fingerprint density at radius 3 is 2.32 bits per heavy atom. The van der Waals surface area contributed by atoms with Gasteiger partial charge in [-0.3, -0.25) is 0 Å². The Labute approximate surface area is 116 Å². The van der Waals surface area contributed by atoms with Crippen molar-refractivity contribution in [1.29, 1.82) is 0 Å². The lowest BCUT2D eigenvalue weighted by Gasteiger charge is -2.26. The minimum absolute atomic E-state index is 0.0997. The molecule has 1 saturated carbocycles. The van der Waals surface area contributed by atoms with Gasteiger partial charge in [0.2, 0.25) is 0 Å². The van der Waals surface area contributed by atoms with Crippen LogP contribution in [0.5, 0.6) is 0 Å². The quantitative estimate of drug-likeness (QED) is 0.906. The molecule has 0 bridgehead atoms. The molecule has 1 aliphatic carbocycles. The minimum atomic E-state index is -3.32. The Bertz CT molecular complexity index is 590. The van der Waals surface area contributed by atoms with Crippen LogP contribution in [-0.4, -0.2) is 19.7 Å². The second kappa shape index (κ2) is 4.60. The first kappa shape index (κ1) is 14.5. The zero-order chi connectivity index (χ0) is 14.4. The number of hydrogen-bond acceptors (Lipinski definition) is 3. The predicted octanol–water partition coefficient (Wildman–Crippen LogP) is 2.59. The average Bonchev–Trinajstić information content (AvgIpc) is 2.58. The molecule has 3 nitrogen and oxygen atoms in total. The smallest absolute Gasteiger partial charge is 0.182 e. The second-order valence-electron chi connectivity index (χ2n) is 6.38. The van der Waals surface area contributed by atoms with Crippen molar-refractivity contribution in [2.45, 2.75) is 56.7 Å². The standard InChI is InChI=1S/C15H23NO2S/c1-10-5-6-12(9-11(10)2)19(17,18)13-7-8-15(3,4)14(13)16/h5-6,9,13-14H,7-8,16H2,1-4H3. The molecule has 4 heteroatoms. The van der Waals surface area contributed by atoms with E-state index >= 15 is 0 Å². The number of hydrogen-bond donors (Lipinski definition) is 1. The van der Waals surface area contributed by atoms with Crippen molar-refractivity contribution < 1.29 is 8.42 Å². The van der Waals surface area contributed by atoms with Crippen molar-refractivity contribution in [2.75, 3.05) is 0 Å². The Hall–Kier alpha value is -0.870. The zero-order valence-corrected chi connectivity index (χ0v) is 12.9. The van der Waals surface area contributed by atoms with Crippen LogP contribution in [0.25, 0.3) is 0 Å². The number of benzene rings is 1. The van der Waals surface area contributed by atoms with Crippen LogP contribution in [0, 0.1) is 19.3 Å². The first-order chi connectivity index (χ1) is 8.66. The lowest BCUT2D eigenvalue weighted by Crippen LogP contribution is -2.43. The first-order valence-corrected chi connectivity index (χ1v) is 8.27. The summed E-state index contributed by atoms with van der Waals surface area (Å²) in [5.41, 5.74) is 8.18. The number of sulfone groups is 1. The Morgan fingerprint density at radius 2 is 1.84 bits per heavy atom. The van der Waals surface area contributed by atoms with Gasteiger partial charge in [0.25, 0.3) is 0 Å². The summed E-state index contributed by atoms with van der Waals surface area (Å²) in [7, 11) is -3.32. The highest BCUT2D eigenvalue weighted by Crippen LogP contribution is 2.41. The Morgan fingerprint density at radius 1 is 1.21 bits per heavy atom. The summed E-state index contributed by atoms with van der Waals surface area (Å²) in [4.78, 5) is 0.411.